The molecular weight excluding hydrogens is 523 g/mol. The fraction of sp³-hybridized carbons (Fsp3) is 0.261. The number of carbonyl (C=O) groups excluding carboxylic acids is 1. The minimum absolute atomic E-state index is 0.182. The number of nitrogens with zero attached hydrogens (tertiary/aromatic N) is 3. The van der Waals surface area contributed by atoms with E-state index < -0.39 is 10.6 Å². The lowest BCUT2D eigenvalue weighted by Gasteiger charge is -2.37. The summed E-state index contributed by atoms with van der Waals surface area (Å²) < 4.78 is 2.07. The van der Waals surface area contributed by atoms with Crippen LogP contribution in [-0.4, -0.2) is 33.3 Å². The highest BCUT2D eigenvalue weighted by Gasteiger charge is 2.39. The van der Waals surface area contributed by atoms with Gasteiger partial charge in [-0.15, -0.1) is 0 Å². The Balaban J connectivity index is 1.59. The van der Waals surface area contributed by atoms with Crippen molar-refractivity contribution in [2.24, 2.45) is 0 Å². The lowest BCUT2D eigenvalue weighted by Crippen LogP contribution is -2.42. The van der Waals surface area contributed by atoms with Crippen molar-refractivity contribution in [2.75, 3.05) is 6.54 Å². The van der Waals surface area contributed by atoms with E-state index >= 15 is 0 Å². The Kier molecular flexibility index (Phi) is 6.06. The van der Waals surface area contributed by atoms with Gasteiger partial charge in [-0.05, 0) is 66.3 Å². The van der Waals surface area contributed by atoms with Gasteiger partial charge in [-0.3, -0.25) is 4.79 Å². The molecule has 1 aliphatic rings. The standard InChI is InChI=1S/C23H23IN4O4/c1-14(17-6-8-18(9-7-17)23(30)31)25-21(29)20-15(2)26-27-10-11-28(32,22(20)27)13-16-4-3-5-19(24)12-16/h3-9,12,14H,10-11,13H2,1-2H3,(H,25,29)(H,30,31)/t14-,28?/m0/s1. The molecule has 32 heavy (non-hydrogen) atoms. The van der Waals surface area contributed by atoms with Crippen molar-refractivity contribution in [3.63, 3.8) is 0 Å². The molecule has 2 heterocycles. The Hall–Kier alpha value is -2.76. The van der Waals surface area contributed by atoms with E-state index in [9.17, 15) is 14.8 Å². The molecule has 1 aliphatic heterocycles. The number of benzene rings is 2. The highest BCUT2D eigenvalue weighted by molar-refractivity contribution is 14.1. The summed E-state index contributed by atoms with van der Waals surface area (Å²) in [6.45, 7) is 4.57. The first kappa shape index (κ1) is 22.4. The highest BCUT2D eigenvalue weighted by Crippen LogP contribution is 2.36. The number of aromatic nitrogens is 2. The summed E-state index contributed by atoms with van der Waals surface area (Å²) in [5.74, 6) is -0.981. The number of amides is 1. The van der Waals surface area contributed by atoms with Crippen molar-refractivity contribution < 1.29 is 14.7 Å². The van der Waals surface area contributed by atoms with E-state index in [-0.39, 0.29) is 24.1 Å². The van der Waals surface area contributed by atoms with Gasteiger partial charge in [0.05, 0.1) is 23.8 Å². The van der Waals surface area contributed by atoms with Gasteiger partial charge in [-0.1, -0.05) is 24.3 Å². The number of aryl methyl sites for hydroxylation is 1. The van der Waals surface area contributed by atoms with E-state index in [1.807, 2.05) is 31.2 Å². The van der Waals surface area contributed by atoms with Crippen LogP contribution >= 0.6 is 22.6 Å². The number of hydrogen-bond acceptors (Lipinski definition) is 4. The van der Waals surface area contributed by atoms with Crippen LogP contribution < -0.4 is 9.96 Å². The largest absolute Gasteiger partial charge is 0.626 e. The van der Waals surface area contributed by atoms with Crippen LogP contribution in [0.15, 0.2) is 48.5 Å². The highest BCUT2D eigenvalue weighted by atomic mass is 127. The second kappa shape index (κ2) is 8.64. The molecule has 0 saturated carbocycles. The van der Waals surface area contributed by atoms with Gasteiger partial charge >= 0.3 is 5.97 Å². The first-order chi connectivity index (χ1) is 15.2. The van der Waals surface area contributed by atoms with E-state index in [2.05, 4.69) is 33.0 Å². The molecule has 3 aromatic rings. The zero-order valence-electron chi connectivity index (χ0n) is 17.7. The van der Waals surface area contributed by atoms with Gasteiger partial charge < -0.3 is 20.3 Å². The number of quaternary nitrogens is 1. The molecule has 9 heteroatoms. The van der Waals surface area contributed by atoms with Crippen molar-refractivity contribution in [1.82, 2.24) is 19.7 Å². The van der Waals surface area contributed by atoms with Crippen molar-refractivity contribution in [3.05, 3.63) is 85.3 Å². The van der Waals surface area contributed by atoms with Crippen LogP contribution in [0, 0.1) is 15.7 Å². The predicted octanol–water partition coefficient (Wildman–Crippen LogP) is 4.00. The number of hydroxylamine groups is 2. The molecule has 2 N–H and O–H groups in total. The normalized spacial score (nSPS) is 18.2. The van der Waals surface area contributed by atoms with E-state index in [1.165, 1.54) is 12.1 Å². The molecule has 1 unspecified atom stereocenters. The van der Waals surface area contributed by atoms with Crippen LogP contribution in [0.1, 0.15) is 50.5 Å². The van der Waals surface area contributed by atoms with Gasteiger partial charge in [0.15, 0.2) is 0 Å². The molecular formula is C23H23IN4O4. The van der Waals surface area contributed by atoms with Crippen LogP contribution in [0.2, 0.25) is 0 Å². The Labute approximate surface area is 199 Å². The molecule has 2 aromatic carbocycles. The van der Waals surface area contributed by atoms with Gasteiger partial charge in [-0.2, -0.15) is 5.10 Å². The number of carboxylic acid groups (broad SMARTS) is 1. The average Bonchev–Trinajstić information content (AvgIpc) is 3.24. The summed E-state index contributed by atoms with van der Waals surface area (Å²) >= 11 is 2.22. The second-order valence-electron chi connectivity index (χ2n) is 8.03. The minimum atomic E-state index is -1.00. The zero-order valence-corrected chi connectivity index (χ0v) is 19.9. The fourth-order valence-corrected chi connectivity index (χ4v) is 4.73. The molecule has 0 spiro atoms. The van der Waals surface area contributed by atoms with Crippen LogP contribution in [0.5, 0.6) is 0 Å². The third kappa shape index (κ3) is 4.27. The SMILES string of the molecule is Cc1nn2c(c1C(=O)N[C@@H](C)c1ccc(C(=O)O)cc1)[N+]([O-])(Cc1cccc(I)c1)CC2. The van der Waals surface area contributed by atoms with E-state index in [4.69, 9.17) is 5.11 Å². The zero-order chi connectivity index (χ0) is 23.0. The summed E-state index contributed by atoms with van der Waals surface area (Å²) in [6, 6.07) is 13.8. The van der Waals surface area contributed by atoms with Gasteiger partial charge in [0.25, 0.3) is 5.91 Å². The van der Waals surface area contributed by atoms with Crippen LogP contribution in [0.3, 0.4) is 0 Å². The van der Waals surface area contributed by atoms with E-state index in [0.717, 1.165) is 14.7 Å². The number of halogens is 1. The average molecular weight is 546 g/mol. The number of rotatable bonds is 6. The topological polar surface area (TPSA) is 107 Å². The minimum Gasteiger partial charge on any atom is -0.626 e. The van der Waals surface area contributed by atoms with Crippen molar-refractivity contribution in [1.29, 1.82) is 0 Å². The Morgan fingerprint density at radius 3 is 2.66 bits per heavy atom. The molecule has 2 atom stereocenters. The summed E-state index contributed by atoms with van der Waals surface area (Å²) in [5, 5.41) is 30.3. The molecule has 0 radical (unpaired) electrons. The van der Waals surface area contributed by atoms with E-state index in [0.29, 0.717) is 30.2 Å². The molecule has 0 fully saturated rings. The maximum atomic E-state index is 13.8. The maximum absolute atomic E-state index is 13.8. The molecule has 4 rings (SSSR count). The van der Waals surface area contributed by atoms with Crippen LogP contribution in [0.25, 0.3) is 0 Å². The molecule has 0 aliphatic carbocycles. The van der Waals surface area contributed by atoms with E-state index in [1.54, 1.807) is 23.7 Å². The molecule has 1 aromatic heterocycles. The predicted molar refractivity (Wildman–Crippen MR) is 129 cm³/mol. The van der Waals surface area contributed by atoms with Gasteiger partial charge in [-0.25, -0.2) is 9.48 Å². The molecule has 166 valence electrons. The van der Waals surface area contributed by atoms with Crippen LogP contribution in [0.4, 0.5) is 5.82 Å². The second-order valence-corrected chi connectivity index (χ2v) is 9.28. The van der Waals surface area contributed by atoms with Gasteiger partial charge in [0.2, 0.25) is 5.82 Å². The number of carboxylic acids is 1. The smallest absolute Gasteiger partial charge is 0.335 e. The maximum Gasteiger partial charge on any atom is 0.335 e. The summed E-state index contributed by atoms with van der Waals surface area (Å²) in [6.07, 6.45) is 0. The molecule has 1 amide bonds. The third-order valence-electron chi connectivity index (χ3n) is 5.72. The lowest BCUT2D eigenvalue weighted by molar-refractivity contribution is 0.0696. The molecule has 0 saturated heterocycles. The summed E-state index contributed by atoms with van der Waals surface area (Å²) in [7, 11) is 0. The van der Waals surface area contributed by atoms with Gasteiger partial charge in [0.1, 0.15) is 18.7 Å². The monoisotopic (exact) mass is 546 g/mol. The quantitative estimate of drug-likeness (QED) is 0.276. The summed E-state index contributed by atoms with van der Waals surface area (Å²) in [4.78, 5) is 24.3. The number of carbonyl (C=O) groups is 2. The van der Waals surface area contributed by atoms with Crippen molar-refractivity contribution in [2.45, 2.75) is 33.0 Å². The Bertz CT molecular complexity index is 1190. The van der Waals surface area contributed by atoms with Gasteiger partial charge in [0, 0.05) is 9.13 Å². The third-order valence-corrected chi connectivity index (χ3v) is 6.39. The Morgan fingerprint density at radius 1 is 1.28 bits per heavy atom. The first-order valence-electron chi connectivity index (χ1n) is 10.2. The first-order valence-corrected chi connectivity index (χ1v) is 11.3. The number of aromatic carboxylic acids is 1. The van der Waals surface area contributed by atoms with Crippen molar-refractivity contribution in [3.8, 4) is 0 Å². The number of hydrogen-bond donors (Lipinski definition) is 2. The molecule has 8 nitrogen and oxygen atoms in total. The number of nitrogens with one attached hydrogen (secondary N) is 1. The lowest BCUT2D eigenvalue weighted by atomic mass is 10.1. The summed E-state index contributed by atoms with van der Waals surface area (Å²) in [5.41, 5.74) is 2.70. The fourth-order valence-electron chi connectivity index (χ4n) is 4.12. The van der Waals surface area contributed by atoms with Crippen molar-refractivity contribution >= 4 is 40.3 Å². The number of fused-ring (bicyclic) bond motifs is 1. The molecule has 0 bridgehead atoms. The Morgan fingerprint density at radius 2 is 2.00 bits per heavy atom. The van der Waals surface area contributed by atoms with Crippen LogP contribution in [-0.2, 0) is 13.1 Å².